The molecule has 0 unspecified atom stereocenters. The van der Waals surface area contributed by atoms with E-state index >= 15 is 0 Å². The molecule has 2 N–H and O–H groups in total. The van der Waals surface area contributed by atoms with E-state index in [4.69, 9.17) is 0 Å². The molecule has 0 atom stereocenters. The second-order valence-corrected chi connectivity index (χ2v) is 7.37. The molecule has 1 amide bonds. The first-order valence-corrected chi connectivity index (χ1v) is 9.54. The van der Waals surface area contributed by atoms with Gasteiger partial charge in [-0.1, -0.05) is 23.9 Å². The first kappa shape index (κ1) is 19.6. The second kappa shape index (κ2) is 9.16. The highest BCUT2D eigenvalue weighted by molar-refractivity contribution is 7.99. The van der Waals surface area contributed by atoms with Gasteiger partial charge in [-0.15, -0.1) is 0 Å². The van der Waals surface area contributed by atoms with Crippen molar-refractivity contribution in [3.05, 3.63) is 54.1 Å². The predicted octanol–water partition coefficient (Wildman–Crippen LogP) is 3.64. The highest BCUT2D eigenvalue weighted by atomic mass is 32.2. The van der Waals surface area contributed by atoms with Crippen LogP contribution in [0.2, 0.25) is 0 Å². The maximum atomic E-state index is 12.7. The molecule has 5 nitrogen and oxygen atoms in total. The Bertz CT molecular complexity index is 765. The van der Waals surface area contributed by atoms with Crippen LogP contribution < -0.4 is 10.7 Å². The summed E-state index contributed by atoms with van der Waals surface area (Å²) in [7, 11) is 2.06. The highest BCUT2D eigenvalue weighted by Gasteiger charge is 2.18. The minimum absolute atomic E-state index is 0.174. The molecule has 1 fully saturated rings. The number of piperazine rings is 1. The van der Waals surface area contributed by atoms with Crippen LogP contribution in [0.4, 0.5) is 20.2 Å². The number of thioether (sulfide) groups is 1. The van der Waals surface area contributed by atoms with Crippen molar-refractivity contribution in [1.29, 1.82) is 0 Å². The monoisotopic (exact) mass is 392 g/mol. The van der Waals surface area contributed by atoms with E-state index in [0.717, 1.165) is 31.9 Å². The summed E-state index contributed by atoms with van der Waals surface area (Å²) in [5.74, 6) is -2.62. The molecule has 3 rings (SSSR count). The fraction of sp³-hybridized carbons (Fsp3) is 0.316. The topological polar surface area (TPSA) is 47.6 Å². The van der Waals surface area contributed by atoms with Crippen molar-refractivity contribution < 1.29 is 13.6 Å². The SMILES string of the molecule is CN1CCN(NC(=O)c2ccccc2Nc2ccc(SC(F)F)cc2)CC1. The second-order valence-electron chi connectivity index (χ2n) is 6.30. The number of hydrogen-bond donors (Lipinski definition) is 2. The number of benzene rings is 2. The lowest BCUT2D eigenvalue weighted by atomic mass is 10.1. The number of carbonyl (C=O) groups is 1. The average Bonchev–Trinajstić information content (AvgIpc) is 2.65. The number of nitrogens with zero attached hydrogens (tertiary/aromatic N) is 2. The van der Waals surface area contributed by atoms with Gasteiger partial charge in [0.2, 0.25) is 0 Å². The van der Waals surface area contributed by atoms with Crippen LogP contribution in [0.1, 0.15) is 10.4 Å². The molecule has 2 aromatic carbocycles. The standard InChI is InChI=1S/C19H22F2N4OS/c1-24-10-12-25(13-11-24)23-18(26)16-4-2-3-5-17(16)22-14-6-8-15(9-7-14)27-19(20)21/h2-9,19,22H,10-13H2,1H3,(H,23,26). The minimum atomic E-state index is -2.44. The normalized spacial score (nSPS) is 15.7. The number of alkyl halides is 2. The Labute approximate surface area is 161 Å². The van der Waals surface area contributed by atoms with Crippen LogP contribution in [0, 0.1) is 0 Å². The summed E-state index contributed by atoms with van der Waals surface area (Å²) in [5, 5.41) is 5.12. The van der Waals surface area contributed by atoms with E-state index in [9.17, 15) is 13.6 Å². The van der Waals surface area contributed by atoms with Crippen molar-refractivity contribution in [3.63, 3.8) is 0 Å². The van der Waals surface area contributed by atoms with Gasteiger partial charge in [-0.3, -0.25) is 10.2 Å². The number of halogens is 2. The van der Waals surface area contributed by atoms with E-state index in [-0.39, 0.29) is 5.91 Å². The lowest BCUT2D eigenvalue weighted by molar-refractivity contribution is 0.0663. The Balaban J connectivity index is 1.67. The van der Waals surface area contributed by atoms with E-state index in [1.807, 2.05) is 23.2 Å². The number of para-hydroxylation sites is 1. The molecular weight excluding hydrogens is 370 g/mol. The first-order valence-electron chi connectivity index (χ1n) is 8.66. The van der Waals surface area contributed by atoms with E-state index < -0.39 is 5.76 Å². The van der Waals surface area contributed by atoms with Gasteiger partial charge in [0.25, 0.3) is 11.7 Å². The molecule has 144 valence electrons. The molecule has 2 aromatic rings. The summed E-state index contributed by atoms with van der Waals surface area (Å²) < 4.78 is 24.8. The maximum absolute atomic E-state index is 12.7. The Morgan fingerprint density at radius 2 is 1.70 bits per heavy atom. The third-order valence-electron chi connectivity index (χ3n) is 4.29. The molecule has 1 aliphatic rings. The molecular formula is C19H22F2N4OS. The van der Waals surface area contributed by atoms with Gasteiger partial charge < -0.3 is 10.2 Å². The number of amides is 1. The Morgan fingerprint density at radius 3 is 2.37 bits per heavy atom. The zero-order chi connectivity index (χ0) is 19.2. The number of hydrogen-bond acceptors (Lipinski definition) is 5. The van der Waals surface area contributed by atoms with E-state index in [2.05, 4.69) is 22.7 Å². The zero-order valence-electron chi connectivity index (χ0n) is 15.0. The number of carbonyl (C=O) groups excluding carboxylic acids is 1. The third kappa shape index (κ3) is 5.66. The van der Waals surface area contributed by atoms with Crippen LogP contribution >= 0.6 is 11.8 Å². The summed E-state index contributed by atoms with van der Waals surface area (Å²) in [6.07, 6.45) is 0. The van der Waals surface area contributed by atoms with Gasteiger partial charge in [0, 0.05) is 36.8 Å². The van der Waals surface area contributed by atoms with Crippen molar-refractivity contribution in [2.45, 2.75) is 10.7 Å². The molecule has 1 aliphatic heterocycles. The lowest BCUT2D eigenvalue weighted by Crippen LogP contribution is -2.52. The van der Waals surface area contributed by atoms with Crippen molar-refractivity contribution in [1.82, 2.24) is 15.3 Å². The van der Waals surface area contributed by atoms with Crippen molar-refractivity contribution in [2.24, 2.45) is 0 Å². The Hall–Kier alpha value is -2.16. The van der Waals surface area contributed by atoms with Gasteiger partial charge in [-0.05, 0) is 43.4 Å². The molecule has 0 aromatic heterocycles. The summed E-state index contributed by atoms with van der Waals surface area (Å²) in [4.78, 5) is 15.4. The first-order chi connectivity index (χ1) is 13.0. The summed E-state index contributed by atoms with van der Waals surface area (Å²) in [6.45, 7) is 3.37. The number of hydrazine groups is 1. The Morgan fingerprint density at radius 1 is 1.04 bits per heavy atom. The highest BCUT2D eigenvalue weighted by Crippen LogP contribution is 2.28. The summed E-state index contributed by atoms with van der Waals surface area (Å²) in [6, 6.07) is 13.9. The number of nitrogens with one attached hydrogen (secondary N) is 2. The van der Waals surface area contributed by atoms with Crippen LogP contribution in [-0.2, 0) is 0 Å². The van der Waals surface area contributed by atoms with Crippen LogP contribution in [0.25, 0.3) is 0 Å². The maximum Gasteiger partial charge on any atom is 0.288 e. The largest absolute Gasteiger partial charge is 0.355 e. The van der Waals surface area contributed by atoms with Crippen LogP contribution in [0.5, 0.6) is 0 Å². The average molecular weight is 392 g/mol. The molecule has 0 spiro atoms. The van der Waals surface area contributed by atoms with Crippen LogP contribution in [0.15, 0.2) is 53.4 Å². The molecule has 1 saturated heterocycles. The lowest BCUT2D eigenvalue weighted by Gasteiger charge is -2.32. The van der Waals surface area contributed by atoms with E-state index in [1.54, 1.807) is 30.3 Å². The summed E-state index contributed by atoms with van der Waals surface area (Å²) >= 11 is 0.507. The third-order valence-corrected chi connectivity index (χ3v) is 5.02. The minimum Gasteiger partial charge on any atom is -0.355 e. The van der Waals surface area contributed by atoms with E-state index in [0.29, 0.717) is 27.9 Å². The summed E-state index contributed by atoms with van der Waals surface area (Å²) in [5.41, 5.74) is 4.88. The smallest absolute Gasteiger partial charge is 0.288 e. The van der Waals surface area contributed by atoms with Gasteiger partial charge in [0.15, 0.2) is 0 Å². The number of anilines is 2. The fourth-order valence-corrected chi connectivity index (χ4v) is 3.29. The van der Waals surface area contributed by atoms with Gasteiger partial charge in [-0.25, -0.2) is 5.01 Å². The van der Waals surface area contributed by atoms with Crippen molar-refractivity contribution >= 4 is 29.0 Å². The molecule has 0 radical (unpaired) electrons. The van der Waals surface area contributed by atoms with Crippen LogP contribution in [-0.4, -0.2) is 54.8 Å². The molecule has 0 bridgehead atoms. The Kier molecular flexibility index (Phi) is 6.65. The van der Waals surface area contributed by atoms with Gasteiger partial charge in [0.1, 0.15) is 0 Å². The quantitative estimate of drug-likeness (QED) is 0.735. The fourth-order valence-electron chi connectivity index (χ4n) is 2.79. The number of likely N-dealkylation sites (N-methyl/N-ethyl adjacent to an activating group) is 1. The molecule has 27 heavy (non-hydrogen) atoms. The number of rotatable bonds is 6. The molecule has 1 heterocycles. The van der Waals surface area contributed by atoms with Crippen molar-refractivity contribution in [3.8, 4) is 0 Å². The van der Waals surface area contributed by atoms with Gasteiger partial charge in [0.05, 0.1) is 11.3 Å². The van der Waals surface area contributed by atoms with E-state index in [1.165, 1.54) is 0 Å². The molecule has 0 saturated carbocycles. The van der Waals surface area contributed by atoms with Crippen LogP contribution in [0.3, 0.4) is 0 Å². The zero-order valence-corrected chi connectivity index (χ0v) is 15.8. The predicted molar refractivity (Wildman–Crippen MR) is 105 cm³/mol. The van der Waals surface area contributed by atoms with Gasteiger partial charge >= 0.3 is 0 Å². The molecule has 8 heteroatoms. The molecule has 0 aliphatic carbocycles. The van der Waals surface area contributed by atoms with Gasteiger partial charge in [-0.2, -0.15) is 8.78 Å². The van der Waals surface area contributed by atoms with Crippen molar-refractivity contribution in [2.75, 3.05) is 38.5 Å².